The zero-order valence-electron chi connectivity index (χ0n) is 8.42. The van der Waals surface area contributed by atoms with Crippen LogP contribution in [0.5, 0.6) is 0 Å². The molecular weight excluding hydrogens is 216 g/mol. The molecule has 0 aromatic carbocycles. The molecule has 2 amide bonds. The molecule has 16 heavy (non-hydrogen) atoms. The average Bonchev–Trinajstić information content (AvgIpc) is 2.69. The molecule has 0 radical (unpaired) electrons. The normalized spacial score (nSPS) is 35.4. The number of rotatable bonds is 2. The number of hydrogen-bond acceptors (Lipinski definition) is 5. The van der Waals surface area contributed by atoms with Gasteiger partial charge in [-0.3, -0.25) is 24.6 Å². The molecule has 2 fully saturated rings. The fourth-order valence-corrected chi connectivity index (χ4v) is 2.23. The standard InChI is InChI=1S/C9H12N2O5/c12-4-1-6(9(15)16)11(3-4)5-2-7(13)10-8(5)14/h4-6,12H,1-3H2,(H,15,16)(H,10,13,14). The summed E-state index contributed by atoms with van der Waals surface area (Å²) in [5, 5.41) is 20.5. The van der Waals surface area contributed by atoms with E-state index in [4.69, 9.17) is 5.11 Å². The Balaban J connectivity index is 2.16. The van der Waals surface area contributed by atoms with Crippen molar-refractivity contribution >= 4 is 17.8 Å². The summed E-state index contributed by atoms with van der Waals surface area (Å²) >= 11 is 0. The molecule has 2 aliphatic heterocycles. The highest BCUT2D eigenvalue weighted by Crippen LogP contribution is 2.24. The van der Waals surface area contributed by atoms with Gasteiger partial charge in [0.05, 0.1) is 18.6 Å². The Labute approximate surface area is 91.0 Å². The first-order chi connectivity index (χ1) is 7.49. The highest BCUT2D eigenvalue weighted by Gasteiger charge is 2.45. The van der Waals surface area contributed by atoms with Crippen molar-refractivity contribution in [1.82, 2.24) is 10.2 Å². The van der Waals surface area contributed by atoms with E-state index in [1.807, 2.05) is 0 Å². The van der Waals surface area contributed by atoms with Crippen molar-refractivity contribution < 1.29 is 24.6 Å². The molecule has 0 aromatic heterocycles. The number of carboxylic acids is 1. The number of amides is 2. The van der Waals surface area contributed by atoms with Crippen molar-refractivity contribution in [3.05, 3.63) is 0 Å². The second kappa shape index (κ2) is 3.84. The Morgan fingerprint density at radius 3 is 2.62 bits per heavy atom. The van der Waals surface area contributed by atoms with Crippen molar-refractivity contribution in [1.29, 1.82) is 0 Å². The van der Waals surface area contributed by atoms with Gasteiger partial charge in [-0.15, -0.1) is 0 Å². The summed E-state index contributed by atoms with van der Waals surface area (Å²) in [6, 6.07) is -1.65. The molecule has 7 nitrogen and oxygen atoms in total. The number of aliphatic hydroxyl groups is 1. The van der Waals surface area contributed by atoms with Gasteiger partial charge in [0.15, 0.2) is 0 Å². The van der Waals surface area contributed by atoms with Crippen LogP contribution in [-0.2, 0) is 14.4 Å². The summed E-state index contributed by atoms with van der Waals surface area (Å²) < 4.78 is 0. The summed E-state index contributed by atoms with van der Waals surface area (Å²) in [5.41, 5.74) is 0. The number of carbonyl (C=O) groups excluding carboxylic acids is 2. The molecule has 3 unspecified atom stereocenters. The molecule has 0 aromatic rings. The van der Waals surface area contributed by atoms with Crippen molar-refractivity contribution in [3.63, 3.8) is 0 Å². The van der Waals surface area contributed by atoms with Crippen LogP contribution in [0.2, 0.25) is 0 Å². The summed E-state index contributed by atoms with van der Waals surface area (Å²) in [4.78, 5) is 34.7. The largest absolute Gasteiger partial charge is 0.480 e. The minimum absolute atomic E-state index is 0.0324. The van der Waals surface area contributed by atoms with Gasteiger partial charge in [0.25, 0.3) is 0 Å². The lowest BCUT2D eigenvalue weighted by molar-refractivity contribution is -0.143. The molecule has 2 saturated heterocycles. The molecule has 2 aliphatic rings. The number of hydrogen-bond donors (Lipinski definition) is 3. The Morgan fingerprint density at radius 2 is 2.12 bits per heavy atom. The third-order valence-corrected chi connectivity index (χ3v) is 2.95. The number of carbonyl (C=O) groups is 3. The molecular formula is C9H12N2O5. The molecule has 2 rings (SSSR count). The van der Waals surface area contributed by atoms with E-state index in [1.165, 1.54) is 4.90 Å². The first-order valence-corrected chi connectivity index (χ1v) is 4.99. The molecule has 0 saturated carbocycles. The van der Waals surface area contributed by atoms with E-state index in [9.17, 15) is 19.5 Å². The summed E-state index contributed by atoms with van der Waals surface area (Å²) in [7, 11) is 0. The van der Waals surface area contributed by atoms with Gasteiger partial charge in [0, 0.05) is 13.0 Å². The number of likely N-dealkylation sites (tertiary alicyclic amines) is 1. The highest BCUT2D eigenvalue weighted by atomic mass is 16.4. The van der Waals surface area contributed by atoms with E-state index in [0.717, 1.165) is 0 Å². The molecule has 0 aliphatic carbocycles. The van der Waals surface area contributed by atoms with Gasteiger partial charge in [0.2, 0.25) is 11.8 Å². The van der Waals surface area contributed by atoms with Crippen molar-refractivity contribution in [3.8, 4) is 0 Å². The van der Waals surface area contributed by atoms with Crippen LogP contribution in [0.25, 0.3) is 0 Å². The second-order valence-corrected chi connectivity index (χ2v) is 4.07. The van der Waals surface area contributed by atoms with E-state index >= 15 is 0 Å². The second-order valence-electron chi connectivity index (χ2n) is 4.07. The van der Waals surface area contributed by atoms with Gasteiger partial charge in [-0.05, 0) is 0 Å². The van der Waals surface area contributed by atoms with Crippen LogP contribution >= 0.6 is 0 Å². The van der Waals surface area contributed by atoms with Gasteiger partial charge in [-0.2, -0.15) is 0 Å². The topological polar surface area (TPSA) is 107 Å². The Kier molecular flexibility index (Phi) is 2.64. The van der Waals surface area contributed by atoms with Crippen LogP contribution in [0.4, 0.5) is 0 Å². The van der Waals surface area contributed by atoms with E-state index in [2.05, 4.69) is 5.32 Å². The van der Waals surface area contributed by atoms with Crippen LogP contribution < -0.4 is 5.32 Å². The number of nitrogens with one attached hydrogen (secondary N) is 1. The van der Waals surface area contributed by atoms with E-state index in [0.29, 0.717) is 0 Å². The third-order valence-electron chi connectivity index (χ3n) is 2.95. The molecule has 3 N–H and O–H groups in total. The van der Waals surface area contributed by atoms with Crippen molar-refractivity contribution in [2.75, 3.05) is 6.54 Å². The maximum absolute atomic E-state index is 11.4. The van der Waals surface area contributed by atoms with Crippen LogP contribution in [0.15, 0.2) is 0 Å². The number of aliphatic hydroxyl groups excluding tert-OH is 1. The number of aliphatic carboxylic acids is 1. The van der Waals surface area contributed by atoms with Crippen LogP contribution in [0, 0.1) is 0 Å². The average molecular weight is 228 g/mol. The minimum atomic E-state index is -1.08. The Bertz CT molecular complexity index is 356. The molecule has 88 valence electrons. The van der Waals surface area contributed by atoms with Crippen LogP contribution in [0.1, 0.15) is 12.8 Å². The first-order valence-electron chi connectivity index (χ1n) is 4.99. The fraction of sp³-hybridized carbons (Fsp3) is 0.667. The first kappa shape index (κ1) is 11.0. The lowest BCUT2D eigenvalue weighted by atomic mass is 10.1. The van der Waals surface area contributed by atoms with E-state index in [-0.39, 0.29) is 19.4 Å². The maximum atomic E-state index is 11.4. The molecule has 0 bridgehead atoms. The lowest BCUT2D eigenvalue weighted by Gasteiger charge is -2.24. The van der Waals surface area contributed by atoms with E-state index < -0.39 is 36.0 Å². The molecule has 7 heteroatoms. The SMILES string of the molecule is O=C1CC(N2CC(O)CC2C(=O)O)C(=O)N1. The molecule has 3 atom stereocenters. The van der Waals surface area contributed by atoms with Crippen LogP contribution in [0.3, 0.4) is 0 Å². The lowest BCUT2D eigenvalue weighted by Crippen LogP contribution is -2.46. The zero-order valence-corrected chi connectivity index (χ0v) is 8.42. The summed E-state index contributed by atoms with van der Waals surface area (Å²) in [6.45, 7) is 0.113. The fourth-order valence-electron chi connectivity index (χ4n) is 2.23. The third kappa shape index (κ3) is 1.79. The van der Waals surface area contributed by atoms with Gasteiger partial charge < -0.3 is 10.2 Å². The number of imide groups is 1. The van der Waals surface area contributed by atoms with Crippen LogP contribution in [-0.4, -0.2) is 57.6 Å². The summed E-state index contributed by atoms with van der Waals surface area (Å²) in [6.07, 6.45) is -0.701. The highest BCUT2D eigenvalue weighted by molar-refractivity contribution is 6.05. The molecule has 0 spiro atoms. The van der Waals surface area contributed by atoms with Gasteiger partial charge in [-0.1, -0.05) is 0 Å². The number of β-amino-alcohol motifs (C(OH)–C–C–N with tert-alkyl or cyclic N) is 1. The van der Waals surface area contributed by atoms with Gasteiger partial charge in [-0.25, -0.2) is 0 Å². The minimum Gasteiger partial charge on any atom is -0.480 e. The Hall–Kier alpha value is -1.47. The van der Waals surface area contributed by atoms with Crippen molar-refractivity contribution in [2.24, 2.45) is 0 Å². The smallest absolute Gasteiger partial charge is 0.321 e. The summed E-state index contributed by atoms with van der Waals surface area (Å²) in [5.74, 6) is -1.96. The van der Waals surface area contributed by atoms with Crippen molar-refractivity contribution in [2.45, 2.75) is 31.0 Å². The molecule has 2 heterocycles. The van der Waals surface area contributed by atoms with Gasteiger partial charge >= 0.3 is 5.97 Å². The zero-order chi connectivity index (χ0) is 11.9. The monoisotopic (exact) mass is 228 g/mol. The van der Waals surface area contributed by atoms with Gasteiger partial charge in [0.1, 0.15) is 6.04 Å². The quantitative estimate of drug-likeness (QED) is 0.468. The predicted octanol–water partition coefficient (Wildman–Crippen LogP) is -2.08. The Morgan fingerprint density at radius 1 is 1.44 bits per heavy atom. The number of carboxylic acid groups (broad SMARTS) is 1. The van der Waals surface area contributed by atoms with E-state index in [1.54, 1.807) is 0 Å². The predicted molar refractivity (Wildman–Crippen MR) is 50.3 cm³/mol. The maximum Gasteiger partial charge on any atom is 0.321 e. The number of nitrogens with zero attached hydrogens (tertiary/aromatic N) is 1.